The summed E-state index contributed by atoms with van der Waals surface area (Å²) in [5.41, 5.74) is -0.651. The van der Waals surface area contributed by atoms with Crippen LogP contribution in [0.4, 0.5) is 4.79 Å². The third-order valence-electron chi connectivity index (χ3n) is 3.10. The van der Waals surface area contributed by atoms with Crippen LogP contribution in [0.25, 0.3) is 0 Å². The number of likely N-dealkylation sites (tertiary alicyclic amines) is 1. The Kier molecular flexibility index (Phi) is 5.16. The van der Waals surface area contributed by atoms with Crippen LogP contribution >= 0.6 is 0 Å². The van der Waals surface area contributed by atoms with Gasteiger partial charge in [0.1, 0.15) is 11.7 Å². The first-order chi connectivity index (χ1) is 9.17. The topological polar surface area (TPSA) is 76.1 Å². The molecule has 1 amide bonds. The fraction of sp³-hybridized carbons (Fsp3) is 0.714. The minimum atomic E-state index is -1.14. The van der Waals surface area contributed by atoms with Crippen molar-refractivity contribution in [1.82, 2.24) is 4.90 Å². The van der Waals surface area contributed by atoms with Gasteiger partial charge in [-0.05, 0) is 33.6 Å². The number of hydrogen-bond donors (Lipinski definition) is 1. The molecule has 0 aromatic carbocycles. The molecule has 0 bridgehead atoms. The first-order valence-electron chi connectivity index (χ1n) is 6.62. The zero-order chi connectivity index (χ0) is 15.5. The molecular weight excluding hydrogens is 262 g/mol. The van der Waals surface area contributed by atoms with E-state index in [4.69, 9.17) is 4.74 Å². The second-order valence-corrected chi connectivity index (χ2v) is 5.84. The monoisotopic (exact) mass is 285 g/mol. The van der Waals surface area contributed by atoms with Gasteiger partial charge in [-0.15, -0.1) is 0 Å². The summed E-state index contributed by atoms with van der Waals surface area (Å²) >= 11 is 0. The average molecular weight is 285 g/mol. The Morgan fingerprint density at radius 2 is 2.00 bits per heavy atom. The van der Waals surface area contributed by atoms with Crippen molar-refractivity contribution in [2.24, 2.45) is 0 Å². The molecule has 0 aliphatic carbocycles. The number of ether oxygens (including phenoxy) is 2. The molecule has 1 aliphatic heterocycles. The summed E-state index contributed by atoms with van der Waals surface area (Å²) in [6.07, 6.45) is -0.291. The van der Waals surface area contributed by atoms with Crippen LogP contribution in [0.1, 0.15) is 33.6 Å². The lowest BCUT2D eigenvalue weighted by molar-refractivity contribution is -0.137. The standard InChI is InChI=1S/C14H23NO5/c1-9(12(17)19-5)11(16)10-7-6-8-15(10)13(18)20-14(2,3)4/h10-11,16H,1,6-8H2,2-5H3/t10-,11-/m0/s1. The third-order valence-corrected chi connectivity index (χ3v) is 3.10. The van der Waals surface area contributed by atoms with E-state index in [1.807, 2.05) is 0 Å². The second-order valence-electron chi connectivity index (χ2n) is 5.84. The van der Waals surface area contributed by atoms with Gasteiger partial charge in [0.05, 0.1) is 18.7 Å². The highest BCUT2D eigenvalue weighted by atomic mass is 16.6. The number of carbonyl (C=O) groups excluding carboxylic acids is 2. The molecule has 2 atom stereocenters. The molecule has 6 nitrogen and oxygen atoms in total. The lowest BCUT2D eigenvalue weighted by Crippen LogP contribution is -2.46. The van der Waals surface area contributed by atoms with Crippen molar-refractivity contribution in [2.45, 2.75) is 51.4 Å². The molecule has 0 spiro atoms. The van der Waals surface area contributed by atoms with Gasteiger partial charge in [0.15, 0.2) is 0 Å². The zero-order valence-electron chi connectivity index (χ0n) is 12.5. The minimum absolute atomic E-state index is 0.0482. The van der Waals surface area contributed by atoms with Gasteiger partial charge in [0, 0.05) is 6.54 Å². The summed E-state index contributed by atoms with van der Waals surface area (Å²) in [6, 6.07) is -0.503. The number of methoxy groups -OCH3 is 1. The molecule has 6 heteroatoms. The number of aliphatic hydroxyl groups excluding tert-OH is 1. The van der Waals surface area contributed by atoms with Crippen LogP contribution in [-0.4, -0.2) is 53.5 Å². The molecule has 0 aromatic heterocycles. The Bertz CT molecular complexity index is 399. The van der Waals surface area contributed by atoms with Gasteiger partial charge in [0.25, 0.3) is 0 Å². The highest BCUT2D eigenvalue weighted by molar-refractivity contribution is 5.89. The lowest BCUT2D eigenvalue weighted by Gasteiger charge is -2.31. The number of aliphatic hydroxyl groups is 1. The minimum Gasteiger partial charge on any atom is -0.466 e. The van der Waals surface area contributed by atoms with Crippen LogP contribution in [0.3, 0.4) is 0 Å². The largest absolute Gasteiger partial charge is 0.466 e. The van der Waals surface area contributed by atoms with Crippen molar-refractivity contribution in [3.05, 3.63) is 12.2 Å². The van der Waals surface area contributed by atoms with Crippen LogP contribution in [0.2, 0.25) is 0 Å². The Hall–Kier alpha value is -1.56. The van der Waals surface area contributed by atoms with E-state index < -0.39 is 29.8 Å². The Morgan fingerprint density at radius 1 is 1.40 bits per heavy atom. The fourth-order valence-corrected chi connectivity index (χ4v) is 2.15. The smallest absolute Gasteiger partial charge is 0.410 e. The van der Waals surface area contributed by atoms with Crippen molar-refractivity contribution >= 4 is 12.1 Å². The average Bonchev–Trinajstić information content (AvgIpc) is 2.83. The number of amides is 1. The Morgan fingerprint density at radius 3 is 2.50 bits per heavy atom. The van der Waals surface area contributed by atoms with Crippen LogP contribution in [-0.2, 0) is 14.3 Å². The lowest BCUT2D eigenvalue weighted by atomic mass is 10.0. The number of rotatable bonds is 3. The molecule has 1 aliphatic rings. The molecule has 0 unspecified atom stereocenters. The number of esters is 1. The van der Waals surface area contributed by atoms with Crippen LogP contribution in [0, 0.1) is 0 Å². The van der Waals surface area contributed by atoms with Crippen molar-refractivity contribution in [1.29, 1.82) is 0 Å². The number of nitrogens with zero attached hydrogens (tertiary/aromatic N) is 1. The first kappa shape index (κ1) is 16.5. The van der Waals surface area contributed by atoms with Crippen molar-refractivity contribution in [3.63, 3.8) is 0 Å². The molecule has 0 aromatic rings. The number of carbonyl (C=O) groups is 2. The molecule has 1 N–H and O–H groups in total. The van der Waals surface area contributed by atoms with Gasteiger partial charge >= 0.3 is 12.1 Å². The first-order valence-corrected chi connectivity index (χ1v) is 6.62. The summed E-state index contributed by atoms with van der Waals surface area (Å²) < 4.78 is 9.83. The quantitative estimate of drug-likeness (QED) is 0.628. The van der Waals surface area contributed by atoms with Gasteiger partial charge in [-0.1, -0.05) is 6.58 Å². The molecule has 0 saturated carbocycles. The highest BCUT2D eigenvalue weighted by Gasteiger charge is 2.38. The van der Waals surface area contributed by atoms with Crippen molar-refractivity contribution in [2.75, 3.05) is 13.7 Å². The molecule has 114 valence electrons. The Labute approximate surface area is 119 Å². The van der Waals surface area contributed by atoms with E-state index in [1.54, 1.807) is 20.8 Å². The summed E-state index contributed by atoms with van der Waals surface area (Å²) in [4.78, 5) is 24.9. The summed E-state index contributed by atoms with van der Waals surface area (Å²) in [7, 11) is 1.22. The van der Waals surface area contributed by atoms with Crippen LogP contribution < -0.4 is 0 Å². The van der Waals surface area contributed by atoms with Gasteiger partial charge in [-0.25, -0.2) is 9.59 Å². The molecule has 1 heterocycles. The highest BCUT2D eigenvalue weighted by Crippen LogP contribution is 2.25. The normalized spacial score (nSPS) is 20.4. The van der Waals surface area contributed by atoms with Crippen molar-refractivity contribution in [3.8, 4) is 0 Å². The van der Waals surface area contributed by atoms with E-state index in [1.165, 1.54) is 12.0 Å². The van der Waals surface area contributed by atoms with Crippen molar-refractivity contribution < 1.29 is 24.2 Å². The Balaban J connectivity index is 2.77. The van der Waals surface area contributed by atoms with Gasteiger partial charge < -0.3 is 19.5 Å². The van der Waals surface area contributed by atoms with E-state index in [0.29, 0.717) is 13.0 Å². The predicted octanol–water partition coefficient (Wildman–Crippen LogP) is 1.48. The fourth-order valence-electron chi connectivity index (χ4n) is 2.15. The summed E-state index contributed by atoms with van der Waals surface area (Å²) in [5, 5.41) is 10.2. The number of hydrogen-bond acceptors (Lipinski definition) is 5. The maximum atomic E-state index is 12.1. The molecule has 0 radical (unpaired) electrons. The maximum absolute atomic E-state index is 12.1. The molecule has 1 saturated heterocycles. The van der Waals surface area contributed by atoms with E-state index in [0.717, 1.165) is 6.42 Å². The van der Waals surface area contributed by atoms with Crippen LogP contribution in [0.15, 0.2) is 12.2 Å². The second kappa shape index (κ2) is 6.26. The van der Waals surface area contributed by atoms with E-state index in [2.05, 4.69) is 11.3 Å². The molecule has 20 heavy (non-hydrogen) atoms. The predicted molar refractivity (Wildman–Crippen MR) is 73.1 cm³/mol. The molecule has 1 rings (SSSR count). The SMILES string of the molecule is C=C(C(=O)OC)[C@H](O)[C@@H]1CCCN1C(=O)OC(C)(C)C. The van der Waals surface area contributed by atoms with Gasteiger partial charge in [0.2, 0.25) is 0 Å². The molecule has 1 fully saturated rings. The summed E-state index contributed by atoms with van der Waals surface area (Å²) in [6.45, 7) is 9.36. The third kappa shape index (κ3) is 3.96. The maximum Gasteiger partial charge on any atom is 0.410 e. The van der Waals surface area contributed by atoms with E-state index in [-0.39, 0.29) is 5.57 Å². The van der Waals surface area contributed by atoms with Gasteiger partial charge in [-0.3, -0.25) is 0 Å². The van der Waals surface area contributed by atoms with Crippen LogP contribution in [0.5, 0.6) is 0 Å². The zero-order valence-corrected chi connectivity index (χ0v) is 12.5. The van der Waals surface area contributed by atoms with E-state index >= 15 is 0 Å². The van der Waals surface area contributed by atoms with E-state index in [9.17, 15) is 14.7 Å². The summed E-state index contributed by atoms with van der Waals surface area (Å²) in [5.74, 6) is -0.673. The molecular formula is C14H23NO5. The van der Waals surface area contributed by atoms with Gasteiger partial charge in [-0.2, -0.15) is 0 Å².